The van der Waals surface area contributed by atoms with E-state index >= 15 is 0 Å². The zero-order valence-electron chi connectivity index (χ0n) is 8.96. The van der Waals surface area contributed by atoms with Gasteiger partial charge in [0, 0.05) is 0 Å². The number of aliphatic imine (C=N–C) groups is 1. The Morgan fingerprint density at radius 2 is 2.06 bits per heavy atom. The van der Waals surface area contributed by atoms with Gasteiger partial charge in [0.1, 0.15) is 16.7 Å². The summed E-state index contributed by atoms with van der Waals surface area (Å²) in [5, 5.41) is 2.07. The smallest absolute Gasteiger partial charge is 0.182 e. The van der Waals surface area contributed by atoms with Crippen molar-refractivity contribution < 1.29 is 18.3 Å². The lowest BCUT2D eigenvalue weighted by Gasteiger charge is -2.08. The molecule has 0 radical (unpaired) electrons. The van der Waals surface area contributed by atoms with Crippen LogP contribution in [0, 0.1) is 6.92 Å². The van der Waals surface area contributed by atoms with Crippen molar-refractivity contribution >= 4 is 16.5 Å². The van der Waals surface area contributed by atoms with Gasteiger partial charge >= 0.3 is 0 Å². The highest BCUT2D eigenvalue weighted by molar-refractivity contribution is 7.85. The fourth-order valence-corrected chi connectivity index (χ4v) is 1.92. The van der Waals surface area contributed by atoms with Crippen LogP contribution in [0.25, 0.3) is 0 Å². The second-order valence-corrected chi connectivity index (χ2v) is 4.65. The van der Waals surface area contributed by atoms with E-state index in [-0.39, 0.29) is 4.90 Å². The molecule has 1 aromatic carbocycles. The number of hydrogen-bond acceptors (Lipinski definition) is 4. The first-order chi connectivity index (χ1) is 7.52. The lowest BCUT2D eigenvalue weighted by Crippen LogP contribution is -2.80. The summed E-state index contributed by atoms with van der Waals surface area (Å²) in [4.78, 5) is 3.76. The Bertz CT molecular complexity index is 463. The molecule has 0 saturated heterocycles. The number of nitrogens with two attached hydrogens (primary N) is 1. The number of rotatable bonds is 1. The Kier molecular flexibility index (Phi) is 4.60. The second kappa shape index (κ2) is 5.74. The molecule has 5 nitrogen and oxygen atoms in total. The number of nitrogens with zero attached hydrogens (tertiary/aromatic N) is 1. The Morgan fingerprint density at radius 3 is 2.38 bits per heavy atom. The molecule has 0 aliphatic carbocycles. The fourth-order valence-electron chi connectivity index (χ4n) is 1.21. The Labute approximate surface area is 95.0 Å². The first kappa shape index (κ1) is 12.8. The van der Waals surface area contributed by atoms with Gasteiger partial charge in [-0.15, -0.1) is 0 Å². The molecule has 2 N–H and O–H groups in total. The monoisotopic (exact) mass is 242 g/mol. The third-order valence-corrected chi connectivity index (χ3v) is 3.00. The van der Waals surface area contributed by atoms with E-state index in [1.165, 1.54) is 12.1 Å². The molecule has 1 aromatic rings. The molecule has 0 unspecified atom stereocenters. The normalized spacial score (nSPS) is 14.4. The summed E-state index contributed by atoms with van der Waals surface area (Å²) < 4.78 is 31.5. The first-order valence-electron chi connectivity index (χ1n) is 4.85. The van der Waals surface area contributed by atoms with Gasteiger partial charge in [-0.2, -0.15) is 0 Å². The Balaban J connectivity index is 0.000000212. The van der Waals surface area contributed by atoms with Crippen molar-refractivity contribution in [3.05, 3.63) is 29.8 Å². The molecular weight excluding hydrogens is 228 g/mol. The van der Waals surface area contributed by atoms with Crippen molar-refractivity contribution in [3.8, 4) is 0 Å². The molecule has 0 bridgehead atoms. The third-order valence-electron chi connectivity index (χ3n) is 2.00. The molecule has 0 fully saturated rings. The SMILES string of the molecule is C1=NCC[NH2+]1.Cc1ccccc1S(=O)(=O)[O-]. The van der Waals surface area contributed by atoms with E-state index in [1.807, 2.05) is 6.34 Å². The lowest BCUT2D eigenvalue weighted by molar-refractivity contribution is -0.518. The minimum atomic E-state index is -4.28. The lowest BCUT2D eigenvalue weighted by atomic mass is 10.2. The van der Waals surface area contributed by atoms with Crippen molar-refractivity contribution in [2.45, 2.75) is 11.8 Å². The summed E-state index contributed by atoms with van der Waals surface area (Å²) in [6.07, 6.45) is 1.86. The van der Waals surface area contributed by atoms with Crippen LogP contribution in [-0.2, 0) is 10.1 Å². The second-order valence-electron chi connectivity index (χ2n) is 3.30. The molecule has 88 valence electrons. The van der Waals surface area contributed by atoms with Crippen LogP contribution in [0.3, 0.4) is 0 Å². The number of benzene rings is 1. The van der Waals surface area contributed by atoms with Crippen LogP contribution in [0.1, 0.15) is 5.56 Å². The van der Waals surface area contributed by atoms with E-state index in [1.54, 1.807) is 19.1 Å². The highest BCUT2D eigenvalue weighted by Crippen LogP contribution is 2.12. The maximum atomic E-state index is 10.5. The van der Waals surface area contributed by atoms with Crippen LogP contribution < -0.4 is 5.32 Å². The molecule has 2 rings (SSSR count). The molecule has 1 aliphatic heterocycles. The maximum absolute atomic E-state index is 10.5. The fraction of sp³-hybridized carbons (Fsp3) is 0.300. The van der Waals surface area contributed by atoms with Crippen molar-refractivity contribution in [3.63, 3.8) is 0 Å². The van der Waals surface area contributed by atoms with Gasteiger partial charge in [0.2, 0.25) is 0 Å². The van der Waals surface area contributed by atoms with Crippen LogP contribution in [0.5, 0.6) is 0 Å². The molecule has 0 aromatic heterocycles. The summed E-state index contributed by atoms with van der Waals surface area (Å²) in [5.41, 5.74) is 0.488. The first-order valence-corrected chi connectivity index (χ1v) is 6.26. The maximum Gasteiger partial charge on any atom is 0.182 e. The van der Waals surface area contributed by atoms with Crippen molar-refractivity contribution in [2.24, 2.45) is 4.99 Å². The molecule has 6 heteroatoms. The van der Waals surface area contributed by atoms with Crippen LogP contribution in [0.15, 0.2) is 34.2 Å². The van der Waals surface area contributed by atoms with E-state index in [2.05, 4.69) is 10.3 Å². The van der Waals surface area contributed by atoms with Crippen LogP contribution in [0.2, 0.25) is 0 Å². The van der Waals surface area contributed by atoms with Crippen LogP contribution in [-0.4, -0.2) is 32.4 Å². The molecule has 0 saturated carbocycles. The molecule has 1 heterocycles. The topological polar surface area (TPSA) is 86.2 Å². The van der Waals surface area contributed by atoms with E-state index in [9.17, 15) is 13.0 Å². The van der Waals surface area contributed by atoms with E-state index < -0.39 is 10.1 Å². The molecular formula is C10H14N2O3S. The third kappa shape index (κ3) is 4.09. The highest BCUT2D eigenvalue weighted by Gasteiger charge is 2.02. The zero-order valence-corrected chi connectivity index (χ0v) is 9.78. The average Bonchev–Trinajstić information content (AvgIpc) is 2.74. The predicted octanol–water partition coefficient (Wildman–Crippen LogP) is -0.509. The molecule has 0 spiro atoms. The summed E-state index contributed by atoms with van der Waals surface area (Å²) in [7, 11) is -4.28. The molecule has 0 amide bonds. The quantitative estimate of drug-likeness (QED) is 0.673. The largest absolute Gasteiger partial charge is 0.744 e. The summed E-state index contributed by atoms with van der Waals surface area (Å²) in [6.45, 7) is 3.75. The Morgan fingerprint density at radius 1 is 1.38 bits per heavy atom. The van der Waals surface area contributed by atoms with Crippen LogP contribution >= 0.6 is 0 Å². The zero-order chi connectivity index (χ0) is 12.0. The van der Waals surface area contributed by atoms with Gasteiger partial charge in [0.15, 0.2) is 6.34 Å². The van der Waals surface area contributed by atoms with Crippen LogP contribution in [0.4, 0.5) is 0 Å². The number of hydrogen-bond donors (Lipinski definition) is 1. The van der Waals surface area contributed by atoms with Gasteiger partial charge in [-0.1, -0.05) is 18.2 Å². The van der Waals surface area contributed by atoms with Gasteiger partial charge in [-0.25, -0.2) is 13.4 Å². The summed E-state index contributed by atoms with van der Waals surface area (Å²) in [6, 6.07) is 6.10. The number of quaternary nitrogens is 1. The van der Waals surface area contributed by atoms with E-state index in [0.29, 0.717) is 5.56 Å². The van der Waals surface area contributed by atoms with E-state index in [4.69, 9.17) is 0 Å². The van der Waals surface area contributed by atoms with Gasteiger partial charge in [0.25, 0.3) is 0 Å². The van der Waals surface area contributed by atoms with Crippen molar-refractivity contribution in [1.82, 2.24) is 0 Å². The highest BCUT2D eigenvalue weighted by atomic mass is 32.2. The standard InChI is InChI=1S/C7H8O3S.C3H6N2/c1-6-4-2-3-5-7(6)11(8,9)10;1-2-5-3-4-1/h2-5H,1H3,(H,8,9,10);3H,1-2H2,(H,4,5). The molecule has 0 atom stereocenters. The van der Waals surface area contributed by atoms with Crippen molar-refractivity contribution in [2.75, 3.05) is 13.1 Å². The molecule has 16 heavy (non-hydrogen) atoms. The minimum absolute atomic E-state index is 0.139. The van der Waals surface area contributed by atoms with Crippen molar-refractivity contribution in [1.29, 1.82) is 0 Å². The Hall–Kier alpha value is -1.24. The predicted molar refractivity (Wildman–Crippen MR) is 59.3 cm³/mol. The summed E-state index contributed by atoms with van der Waals surface area (Å²) in [5.74, 6) is 0. The van der Waals surface area contributed by atoms with E-state index in [0.717, 1.165) is 13.1 Å². The van der Waals surface area contributed by atoms with Gasteiger partial charge in [-0.3, -0.25) is 0 Å². The van der Waals surface area contributed by atoms with Gasteiger partial charge < -0.3 is 9.87 Å². The summed E-state index contributed by atoms with van der Waals surface area (Å²) >= 11 is 0. The average molecular weight is 242 g/mol. The number of aryl methyl sites for hydroxylation is 1. The van der Waals surface area contributed by atoms with Gasteiger partial charge in [-0.05, 0) is 18.6 Å². The molecule has 1 aliphatic rings. The van der Waals surface area contributed by atoms with Gasteiger partial charge in [0.05, 0.1) is 11.4 Å². The minimum Gasteiger partial charge on any atom is -0.744 e.